The van der Waals surface area contributed by atoms with Gasteiger partial charge in [0, 0.05) is 12.6 Å². The SMILES string of the molecule is COC(=O)CC12CC=CN1C(=O)CC2. The van der Waals surface area contributed by atoms with Gasteiger partial charge in [-0.15, -0.1) is 0 Å². The van der Waals surface area contributed by atoms with Crippen molar-refractivity contribution in [3.05, 3.63) is 12.3 Å². The van der Waals surface area contributed by atoms with Gasteiger partial charge in [0.25, 0.3) is 0 Å². The monoisotopic (exact) mass is 195 g/mol. The van der Waals surface area contributed by atoms with Crippen LogP contribution in [0, 0.1) is 0 Å². The number of nitrogens with zero attached hydrogens (tertiary/aromatic N) is 1. The van der Waals surface area contributed by atoms with Gasteiger partial charge in [0.1, 0.15) is 0 Å². The summed E-state index contributed by atoms with van der Waals surface area (Å²) in [5.41, 5.74) is -0.301. The predicted octanol–water partition coefficient (Wildman–Crippen LogP) is 0.828. The highest BCUT2D eigenvalue weighted by Crippen LogP contribution is 2.40. The zero-order valence-corrected chi connectivity index (χ0v) is 8.16. The summed E-state index contributed by atoms with van der Waals surface area (Å²) >= 11 is 0. The normalized spacial score (nSPS) is 29.5. The second-order valence-electron chi connectivity index (χ2n) is 3.83. The Morgan fingerprint density at radius 2 is 2.50 bits per heavy atom. The van der Waals surface area contributed by atoms with Crippen molar-refractivity contribution in [2.45, 2.75) is 31.2 Å². The third-order valence-corrected chi connectivity index (χ3v) is 3.04. The molecule has 0 N–H and O–H groups in total. The molecule has 0 spiro atoms. The van der Waals surface area contributed by atoms with E-state index < -0.39 is 0 Å². The minimum Gasteiger partial charge on any atom is -0.469 e. The van der Waals surface area contributed by atoms with Crippen LogP contribution in [0.15, 0.2) is 12.3 Å². The summed E-state index contributed by atoms with van der Waals surface area (Å²) in [6.45, 7) is 0. The lowest BCUT2D eigenvalue weighted by molar-refractivity contribution is -0.143. The number of fused-ring (bicyclic) bond motifs is 1. The number of rotatable bonds is 2. The molecular formula is C10H13NO3. The molecule has 0 bridgehead atoms. The van der Waals surface area contributed by atoms with E-state index in [2.05, 4.69) is 4.74 Å². The molecule has 0 aromatic heterocycles. The number of carbonyl (C=O) groups is 2. The molecule has 2 rings (SSSR count). The summed E-state index contributed by atoms with van der Waals surface area (Å²) in [6, 6.07) is 0. The van der Waals surface area contributed by atoms with E-state index in [4.69, 9.17) is 0 Å². The van der Waals surface area contributed by atoms with Crippen molar-refractivity contribution in [3.8, 4) is 0 Å². The molecule has 4 heteroatoms. The lowest BCUT2D eigenvalue weighted by Gasteiger charge is -2.30. The van der Waals surface area contributed by atoms with Crippen molar-refractivity contribution in [1.29, 1.82) is 0 Å². The molecule has 4 nitrogen and oxygen atoms in total. The minimum absolute atomic E-state index is 0.114. The molecule has 76 valence electrons. The van der Waals surface area contributed by atoms with Crippen LogP contribution in [0.4, 0.5) is 0 Å². The zero-order chi connectivity index (χ0) is 10.2. The predicted molar refractivity (Wildman–Crippen MR) is 49.2 cm³/mol. The third-order valence-electron chi connectivity index (χ3n) is 3.04. The van der Waals surface area contributed by atoms with Crippen LogP contribution in [0.5, 0.6) is 0 Å². The highest BCUT2D eigenvalue weighted by Gasteiger charge is 2.47. The van der Waals surface area contributed by atoms with Gasteiger partial charge in [-0.1, -0.05) is 6.08 Å². The van der Waals surface area contributed by atoms with Crippen molar-refractivity contribution >= 4 is 11.9 Å². The fourth-order valence-electron chi connectivity index (χ4n) is 2.25. The number of hydrogen-bond donors (Lipinski definition) is 0. The van der Waals surface area contributed by atoms with Crippen LogP contribution in [-0.4, -0.2) is 29.4 Å². The first-order valence-electron chi connectivity index (χ1n) is 4.74. The number of methoxy groups -OCH3 is 1. The number of carbonyl (C=O) groups excluding carboxylic acids is 2. The Labute approximate surface area is 82.5 Å². The van der Waals surface area contributed by atoms with E-state index in [1.54, 1.807) is 11.1 Å². The molecule has 1 saturated heterocycles. The fourth-order valence-corrected chi connectivity index (χ4v) is 2.25. The van der Waals surface area contributed by atoms with Gasteiger partial charge in [-0.2, -0.15) is 0 Å². The first-order valence-corrected chi connectivity index (χ1v) is 4.74. The van der Waals surface area contributed by atoms with Crippen LogP contribution in [0.1, 0.15) is 25.7 Å². The van der Waals surface area contributed by atoms with Crippen LogP contribution in [0.25, 0.3) is 0 Å². The van der Waals surface area contributed by atoms with E-state index in [-0.39, 0.29) is 17.4 Å². The molecule has 2 heterocycles. The Kier molecular flexibility index (Phi) is 2.06. The molecule has 0 saturated carbocycles. The van der Waals surface area contributed by atoms with E-state index in [0.717, 1.165) is 12.8 Å². The Hall–Kier alpha value is -1.32. The Balaban J connectivity index is 2.16. The van der Waals surface area contributed by atoms with E-state index in [1.807, 2.05) is 6.08 Å². The largest absolute Gasteiger partial charge is 0.469 e. The summed E-state index contributed by atoms with van der Waals surface area (Å²) in [5, 5.41) is 0. The van der Waals surface area contributed by atoms with Gasteiger partial charge in [0.15, 0.2) is 0 Å². The maximum Gasteiger partial charge on any atom is 0.307 e. The fraction of sp³-hybridized carbons (Fsp3) is 0.600. The van der Waals surface area contributed by atoms with Crippen LogP contribution in [-0.2, 0) is 14.3 Å². The van der Waals surface area contributed by atoms with E-state index in [9.17, 15) is 9.59 Å². The number of ether oxygens (including phenoxy) is 1. The smallest absolute Gasteiger partial charge is 0.307 e. The van der Waals surface area contributed by atoms with E-state index in [0.29, 0.717) is 12.8 Å². The molecule has 2 aliphatic heterocycles. The molecule has 14 heavy (non-hydrogen) atoms. The van der Waals surface area contributed by atoms with Crippen LogP contribution in [0.3, 0.4) is 0 Å². The Bertz CT molecular complexity index is 310. The molecule has 1 fully saturated rings. The lowest BCUT2D eigenvalue weighted by atomic mass is 9.90. The van der Waals surface area contributed by atoms with Crippen LogP contribution >= 0.6 is 0 Å². The lowest BCUT2D eigenvalue weighted by Crippen LogP contribution is -2.40. The third kappa shape index (κ3) is 1.22. The summed E-state index contributed by atoms with van der Waals surface area (Å²) in [6.07, 6.45) is 6.11. The standard InChI is InChI=1S/C10H13NO3/c1-14-9(13)7-10-4-2-6-11(10)8(12)3-5-10/h2,6H,3-5,7H2,1H3. The quantitative estimate of drug-likeness (QED) is 0.613. The van der Waals surface area contributed by atoms with E-state index in [1.165, 1.54) is 7.11 Å². The Morgan fingerprint density at radius 1 is 1.71 bits per heavy atom. The average molecular weight is 195 g/mol. The van der Waals surface area contributed by atoms with Gasteiger partial charge in [-0.25, -0.2) is 0 Å². The topological polar surface area (TPSA) is 46.6 Å². The van der Waals surface area contributed by atoms with Gasteiger partial charge >= 0.3 is 5.97 Å². The van der Waals surface area contributed by atoms with E-state index >= 15 is 0 Å². The Morgan fingerprint density at radius 3 is 3.21 bits per heavy atom. The first-order chi connectivity index (χ1) is 6.68. The summed E-state index contributed by atoms with van der Waals surface area (Å²) in [5.74, 6) is -0.129. The van der Waals surface area contributed by atoms with Gasteiger partial charge in [-0.05, 0) is 12.8 Å². The molecule has 0 aromatic rings. The molecule has 0 aliphatic carbocycles. The van der Waals surface area contributed by atoms with Crippen LogP contribution in [0.2, 0.25) is 0 Å². The number of esters is 1. The summed E-state index contributed by atoms with van der Waals surface area (Å²) in [4.78, 5) is 24.4. The van der Waals surface area contributed by atoms with Gasteiger partial charge in [0.2, 0.25) is 5.91 Å². The van der Waals surface area contributed by atoms with Gasteiger partial charge < -0.3 is 9.64 Å². The molecule has 1 unspecified atom stereocenters. The minimum atomic E-state index is -0.301. The number of hydrogen-bond acceptors (Lipinski definition) is 3. The summed E-state index contributed by atoms with van der Waals surface area (Å²) in [7, 11) is 1.38. The number of amides is 1. The molecule has 0 aromatic carbocycles. The second kappa shape index (κ2) is 3.12. The summed E-state index contributed by atoms with van der Waals surface area (Å²) < 4.78 is 4.65. The highest BCUT2D eigenvalue weighted by molar-refractivity contribution is 5.83. The van der Waals surface area contributed by atoms with Crippen molar-refractivity contribution in [3.63, 3.8) is 0 Å². The van der Waals surface area contributed by atoms with Crippen molar-refractivity contribution in [1.82, 2.24) is 4.90 Å². The second-order valence-corrected chi connectivity index (χ2v) is 3.83. The van der Waals surface area contributed by atoms with Crippen molar-refractivity contribution in [2.24, 2.45) is 0 Å². The maximum absolute atomic E-state index is 11.5. The zero-order valence-electron chi connectivity index (χ0n) is 8.16. The van der Waals surface area contributed by atoms with Gasteiger partial charge in [0.05, 0.1) is 19.1 Å². The first kappa shape index (κ1) is 9.24. The van der Waals surface area contributed by atoms with Crippen LogP contribution < -0.4 is 0 Å². The molecule has 0 radical (unpaired) electrons. The maximum atomic E-state index is 11.5. The van der Waals surface area contributed by atoms with Crippen molar-refractivity contribution < 1.29 is 14.3 Å². The molecular weight excluding hydrogens is 182 g/mol. The average Bonchev–Trinajstić information content (AvgIpc) is 2.68. The van der Waals surface area contributed by atoms with Gasteiger partial charge in [-0.3, -0.25) is 9.59 Å². The van der Waals surface area contributed by atoms with Crippen molar-refractivity contribution in [2.75, 3.05) is 7.11 Å². The molecule has 1 atom stereocenters. The molecule has 1 amide bonds. The highest BCUT2D eigenvalue weighted by atomic mass is 16.5. The molecule has 2 aliphatic rings.